The van der Waals surface area contributed by atoms with Gasteiger partial charge >= 0.3 is 0 Å². The van der Waals surface area contributed by atoms with Gasteiger partial charge < -0.3 is 0 Å². The van der Waals surface area contributed by atoms with E-state index in [2.05, 4.69) is 52.0 Å². The number of likely N-dealkylation sites (tertiary alicyclic amines) is 1. The van der Waals surface area contributed by atoms with Gasteiger partial charge in [-0.3, -0.25) is 4.90 Å². The Kier molecular flexibility index (Phi) is 5.05. The molecule has 0 bridgehead atoms. The topological polar surface area (TPSA) is 3.24 Å². The van der Waals surface area contributed by atoms with Crippen LogP contribution < -0.4 is 0 Å². The lowest BCUT2D eigenvalue weighted by molar-refractivity contribution is 0.137. The van der Waals surface area contributed by atoms with Crippen LogP contribution in [0.4, 0.5) is 0 Å². The van der Waals surface area contributed by atoms with Crippen molar-refractivity contribution in [1.82, 2.24) is 4.90 Å². The third-order valence-corrected chi connectivity index (χ3v) is 4.16. The molecule has 1 aromatic rings. The number of nitrogens with zero attached hydrogens (tertiary/aromatic N) is 1. The zero-order valence-electron chi connectivity index (χ0n) is 10.7. The number of piperidine rings is 1. The highest BCUT2D eigenvalue weighted by atomic mass is 79.9. The van der Waals surface area contributed by atoms with Crippen LogP contribution in [-0.4, -0.2) is 22.8 Å². The first-order valence-electron chi connectivity index (χ1n) is 6.65. The van der Waals surface area contributed by atoms with E-state index in [0.29, 0.717) is 0 Å². The van der Waals surface area contributed by atoms with Crippen LogP contribution >= 0.6 is 15.9 Å². The molecule has 1 saturated heterocycles. The summed E-state index contributed by atoms with van der Waals surface area (Å²) in [4.78, 5) is 2.66. The van der Waals surface area contributed by atoms with Gasteiger partial charge in [0.05, 0.1) is 0 Å². The Morgan fingerprint density at radius 2 is 2.00 bits per heavy atom. The number of halogens is 1. The second-order valence-electron chi connectivity index (χ2n) is 5.08. The highest BCUT2D eigenvalue weighted by molar-refractivity contribution is 9.09. The smallest absolute Gasteiger partial charge is 0.0236 e. The molecular formula is C15H22BrN. The Labute approximate surface area is 113 Å². The van der Waals surface area contributed by atoms with E-state index in [1.165, 1.54) is 43.4 Å². The summed E-state index contributed by atoms with van der Waals surface area (Å²) in [6, 6.07) is 9.77. The molecular weight excluding hydrogens is 274 g/mol. The standard InChI is InChI=1S/C15H22BrN/c1-13-5-7-14(8-6-13)12-17-11-3-2-4-15(17)9-10-16/h5-8,15H,2-4,9-12H2,1H3. The fraction of sp³-hybridized carbons (Fsp3) is 0.600. The minimum atomic E-state index is 0.782. The van der Waals surface area contributed by atoms with E-state index in [1.807, 2.05) is 0 Å². The van der Waals surface area contributed by atoms with Gasteiger partial charge in [-0.25, -0.2) is 0 Å². The fourth-order valence-electron chi connectivity index (χ4n) is 2.65. The van der Waals surface area contributed by atoms with Crippen molar-refractivity contribution < 1.29 is 0 Å². The predicted molar refractivity (Wildman–Crippen MR) is 77.6 cm³/mol. The summed E-state index contributed by atoms with van der Waals surface area (Å²) < 4.78 is 0. The zero-order chi connectivity index (χ0) is 12.1. The Balaban J connectivity index is 1.97. The van der Waals surface area contributed by atoms with Crippen LogP contribution in [0.5, 0.6) is 0 Å². The Morgan fingerprint density at radius 1 is 1.24 bits per heavy atom. The van der Waals surface area contributed by atoms with Gasteiger partial charge in [0, 0.05) is 17.9 Å². The van der Waals surface area contributed by atoms with Crippen LogP contribution in [-0.2, 0) is 6.54 Å². The van der Waals surface area contributed by atoms with Crippen molar-refractivity contribution in [2.45, 2.75) is 45.2 Å². The molecule has 0 radical (unpaired) electrons. The first-order chi connectivity index (χ1) is 8.29. The van der Waals surface area contributed by atoms with Crippen molar-refractivity contribution in [2.24, 2.45) is 0 Å². The third-order valence-electron chi connectivity index (χ3n) is 3.70. The van der Waals surface area contributed by atoms with Gasteiger partial charge in [0.15, 0.2) is 0 Å². The molecule has 2 rings (SSSR count). The van der Waals surface area contributed by atoms with Crippen LogP contribution in [0.3, 0.4) is 0 Å². The molecule has 1 aromatic carbocycles. The molecule has 1 unspecified atom stereocenters. The van der Waals surface area contributed by atoms with Crippen molar-refractivity contribution in [1.29, 1.82) is 0 Å². The fourth-order valence-corrected chi connectivity index (χ4v) is 3.18. The number of alkyl halides is 1. The Bertz CT molecular complexity index is 331. The highest BCUT2D eigenvalue weighted by Crippen LogP contribution is 2.22. The Morgan fingerprint density at radius 3 is 2.71 bits per heavy atom. The summed E-state index contributed by atoms with van der Waals surface area (Å²) in [7, 11) is 0. The molecule has 0 N–H and O–H groups in total. The summed E-state index contributed by atoms with van der Waals surface area (Å²) in [5, 5.41) is 1.13. The predicted octanol–water partition coefficient (Wildman–Crippen LogP) is 4.13. The van der Waals surface area contributed by atoms with Crippen molar-refractivity contribution >= 4 is 15.9 Å². The van der Waals surface area contributed by atoms with E-state index in [-0.39, 0.29) is 0 Å². The van der Waals surface area contributed by atoms with Gasteiger partial charge in [0.2, 0.25) is 0 Å². The largest absolute Gasteiger partial charge is 0.296 e. The first kappa shape index (κ1) is 13.1. The minimum Gasteiger partial charge on any atom is -0.296 e. The van der Waals surface area contributed by atoms with Crippen LogP contribution in [0, 0.1) is 6.92 Å². The summed E-state index contributed by atoms with van der Waals surface area (Å²) in [5.41, 5.74) is 2.81. The molecule has 2 heteroatoms. The van der Waals surface area contributed by atoms with Crippen molar-refractivity contribution in [3.63, 3.8) is 0 Å². The van der Waals surface area contributed by atoms with Crippen molar-refractivity contribution in [3.05, 3.63) is 35.4 Å². The van der Waals surface area contributed by atoms with Crippen LogP contribution in [0.25, 0.3) is 0 Å². The number of hydrogen-bond donors (Lipinski definition) is 0. The van der Waals surface area contributed by atoms with E-state index >= 15 is 0 Å². The molecule has 1 heterocycles. The lowest BCUT2D eigenvalue weighted by Gasteiger charge is -2.35. The number of rotatable bonds is 4. The quantitative estimate of drug-likeness (QED) is 0.755. The molecule has 1 aliphatic heterocycles. The summed E-state index contributed by atoms with van der Waals surface area (Å²) in [5.74, 6) is 0. The maximum Gasteiger partial charge on any atom is 0.0236 e. The molecule has 1 aliphatic rings. The maximum atomic E-state index is 3.58. The van der Waals surface area contributed by atoms with Crippen molar-refractivity contribution in [2.75, 3.05) is 11.9 Å². The molecule has 0 aliphatic carbocycles. The number of benzene rings is 1. The molecule has 17 heavy (non-hydrogen) atoms. The molecule has 1 atom stereocenters. The van der Waals surface area contributed by atoms with E-state index in [0.717, 1.165) is 17.9 Å². The average molecular weight is 296 g/mol. The van der Waals surface area contributed by atoms with Gasteiger partial charge in [-0.2, -0.15) is 0 Å². The van der Waals surface area contributed by atoms with Crippen LogP contribution in [0.2, 0.25) is 0 Å². The van der Waals surface area contributed by atoms with E-state index in [4.69, 9.17) is 0 Å². The molecule has 1 nitrogen and oxygen atoms in total. The molecule has 94 valence electrons. The average Bonchev–Trinajstić information content (AvgIpc) is 2.35. The minimum absolute atomic E-state index is 0.782. The molecule has 0 saturated carbocycles. The summed E-state index contributed by atoms with van der Waals surface area (Å²) in [6.07, 6.45) is 5.43. The maximum absolute atomic E-state index is 3.58. The zero-order valence-corrected chi connectivity index (χ0v) is 12.2. The summed E-state index contributed by atoms with van der Waals surface area (Å²) in [6.45, 7) is 4.54. The molecule has 0 spiro atoms. The van der Waals surface area contributed by atoms with E-state index in [9.17, 15) is 0 Å². The SMILES string of the molecule is Cc1ccc(CN2CCCCC2CCBr)cc1. The molecule has 1 fully saturated rings. The van der Waals surface area contributed by atoms with Gasteiger partial charge in [-0.15, -0.1) is 0 Å². The summed E-state index contributed by atoms with van der Waals surface area (Å²) >= 11 is 3.58. The normalized spacial score (nSPS) is 21.6. The third kappa shape index (κ3) is 3.82. The second kappa shape index (κ2) is 6.55. The van der Waals surface area contributed by atoms with E-state index < -0.39 is 0 Å². The number of hydrogen-bond acceptors (Lipinski definition) is 1. The highest BCUT2D eigenvalue weighted by Gasteiger charge is 2.21. The Hall–Kier alpha value is -0.340. The van der Waals surface area contributed by atoms with Gasteiger partial charge in [0.25, 0.3) is 0 Å². The van der Waals surface area contributed by atoms with Crippen LogP contribution in [0.15, 0.2) is 24.3 Å². The van der Waals surface area contributed by atoms with Gasteiger partial charge in [0.1, 0.15) is 0 Å². The lowest BCUT2D eigenvalue weighted by Crippen LogP contribution is -2.39. The van der Waals surface area contributed by atoms with Gasteiger partial charge in [-0.1, -0.05) is 52.2 Å². The van der Waals surface area contributed by atoms with Gasteiger partial charge in [-0.05, 0) is 38.3 Å². The lowest BCUT2D eigenvalue weighted by atomic mass is 9.99. The number of aryl methyl sites for hydroxylation is 1. The second-order valence-corrected chi connectivity index (χ2v) is 5.88. The van der Waals surface area contributed by atoms with E-state index in [1.54, 1.807) is 0 Å². The van der Waals surface area contributed by atoms with Crippen LogP contribution in [0.1, 0.15) is 36.8 Å². The van der Waals surface area contributed by atoms with Crippen molar-refractivity contribution in [3.8, 4) is 0 Å². The molecule has 0 aromatic heterocycles. The monoisotopic (exact) mass is 295 g/mol. The molecule has 0 amide bonds. The first-order valence-corrected chi connectivity index (χ1v) is 7.77.